The van der Waals surface area contributed by atoms with Crippen molar-refractivity contribution in [3.05, 3.63) is 47.7 Å². The van der Waals surface area contributed by atoms with Gasteiger partial charge in [-0.05, 0) is 36.4 Å². The minimum atomic E-state index is 0.250. The molecule has 7 nitrogen and oxygen atoms in total. The lowest BCUT2D eigenvalue weighted by Gasteiger charge is -2.27. The van der Waals surface area contributed by atoms with E-state index in [0.717, 1.165) is 58.2 Å². The number of carbonyl (C=O) groups is 1. The predicted octanol–water partition coefficient (Wildman–Crippen LogP) is 4.48. The number of nitrogens with one attached hydrogen (secondary N) is 2. The van der Waals surface area contributed by atoms with E-state index in [0.29, 0.717) is 18.0 Å². The number of aryl methyl sites for hydroxylation is 1. The van der Waals surface area contributed by atoms with E-state index in [4.69, 9.17) is 9.97 Å². The Balaban J connectivity index is 1.56. The smallest absolute Gasteiger partial charge is 0.196 e. The molecular weight excluding hydrogens is 428 g/mol. The fraction of sp³-hybridized carbons (Fsp3) is 0.364. The quantitative estimate of drug-likeness (QED) is 0.482. The van der Waals surface area contributed by atoms with Crippen molar-refractivity contribution in [3.63, 3.8) is 0 Å². The molecule has 1 aromatic carbocycles. The highest BCUT2D eigenvalue weighted by Gasteiger charge is 2.16. The van der Waals surface area contributed by atoms with Crippen LogP contribution in [0, 0.1) is 6.92 Å². The standard InChI is InChI=1S/C22H26N6OS2/c1-3-17(29)13-16-4-6-18(7-5-16)31-22-24-19(23-20-12-15(2)26-27-20)14-21(25-22)28-8-10-30-11-9-28/h4-7,12,14H,3,8-11,13H2,1-2H3,(H2,23,24,25,26,27). The highest BCUT2D eigenvalue weighted by atomic mass is 32.2. The minimum Gasteiger partial charge on any atom is -0.355 e. The molecule has 0 amide bonds. The first kappa shape index (κ1) is 21.7. The van der Waals surface area contributed by atoms with Crippen LogP contribution in [-0.4, -0.2) is 50.5 Å². The van der Waals surface area contributed by atoms with Gasteiger partial charge in [0.25, 0.3) is 0 Å². The topological polar surface area (TPSA) is 86.8 Å². The third-order valence-electron chi connectivity index (χ3n) is 4.92. The molecule has 1 saturated heterocycles. The van der Waals surface area contributed by atoms with Crippen LogP contribution in [0.15, 0.2) is 46.5 Å². The lowest BCUT2D eigenvalue weighted by atomic mass is 10.1. The van der Waals surface area contributed by atoms with E-state index in [1.54, 1.807) is 0 Å². The molecular formula is C22H26N6OS2. The summed E-state index contributed by atoms with van der Waals surface area (Å²) in [5.41, 5.74) is 2.02. The van der Waals surface area contributed by atoms with Gasteiger partial charge in [0, 0.05) is 60.2 Å². The van der Waals surface area contributed by atoms with Gasteiger partial charge in [-0.2, -0.15) is 16.9 Å². The normalized spacial score (nSPS) is 13.9. The Labute approximate surface area is 190 Å². The van der Waals surface area contributed by atoms with E-state index in [9.17, 15) is 4.79 Å². The number of ketones is 1. The maximum absolute atomic E-state index is 11.7. The number of hydrogen-bond acceptors (Lipinski definition) is 8. The van der Waals surface area contributed by atoms with Crippen LogP contribution in [0.25, 0.3) is 0 Å². The molecule has 162 valence electrons. The third kappa shape index (κ3) is 6.01. The predicted molar refractivity (Wildman–Crippen MR) is 128 cm³/mol. The minimum absolute atomic E-state index is 0.250. The first-order valence-corrected chi connectivity index (χ1v) is 12.4. The number of hydrogen-bond donors (Lipinski definition) is 2. The maximum atomic E-state index is 11.7. The molecule has 9 heteroatoms. The van der Waals surface area contributed by atoms with Gasteiger partial charge in [0.2, 0.25) is 0 Å². The summed E-state index contributed by atoms with van der Waals surface area (Å²) in [5.74, 6) is 4.84. The van der Waals surface area contributed by atoms with Crippen LogP contribution in [0.4, 0.5) is 17.5 Å². The molecule has 3 aromatic rings. The van der Waals surface area contributed by atoms with E-state index in [1.807, 2.05) is 62.0 Å². The summed E-state index contributed by atoms with van der Waals surface area (Å²) in [6.45, 7) is 5.82. The SMILES string of the molecule is CCC(=O)Cc1ccc(Sc2nc(Nc3cc(C)[nH]n3)cc(N3CCSCC3)n2)cc1. The summed E-state index contributed by atoms with van der Waals surface area (Å²) >= 11 is 3.49. The van der Waals surface area contributed by atoms with Crippen molar-refractivity contribution in [2.45, 2.75) is 36.7 Å². The molecule has 1 aliphatic heterocycles. The van der Waals surface area contributed by atoms with Crippen LogP contribution >= 0.6 is 23.5 Å². The van der Waals surface area contributed by atoms with Gasteiger partial charge in [0.15, 0.2) is 11.0 Å². The number of aromatic amines is 1. The number of carbonyl (C=O) groups excluding carboxylic acids is 1. The number of nitrogens with zero attached hydrogens (tertiary/aromatic N) is 4. The average molecular weight is 455 g/mol. The number of rotatable bonds is 8. The lowest BCUT2D eigenvalue weighted by Crippen LogP contribution is -2.33. The second-order valence-corrected chi connectivity index (χ2v) is 9.64. The van der Waals surface area contributed by atoms with Gasteiger partial charge in [-0.15, -0.1) is 0 Å². The van der Waals surface area contributed by atoms with Gasteiger partial charge in [0.1, 0.15) is 17.4 Å². The van der Waals surface area contributed by atoms with Crippen molar-refractivity contribution in [2.24, 2.45) is 0 Å². The Morgan fingerprint density at radius 1 is 1.16 bits per heavy atom. The molecule has 0 unspecified atom stereocenters. The summed E-state index contributed by atoms with van der Waals surface area (Å²) in [5, 5.41) is 11.2. The third-order valence-corrected chi connectivity index (χ3v) is 6.73. The number of aromatic nitrogens is 4. The second kappa shape index (κ2) is 10.2. The number of benzene rings is 1. The molecule has 0 spiro atoms. The van der Waals surface area contributed by atoms with E-state index in [-0.39, 0.29) is 5.78 Å². The second-order valence-electron chi connectivity index (χ2n) is 7.37. The van der Waals surface area contributed by atoms with Gasteiger partial charge in [-0.1, -0.05) is 19.1 Å². The van der Waals surface area contributed by atoms with Crippen molar-refractivity contribution < 1.29 is 4.79 Å². The summed E-state index contributed by atoms with van der Waals surface area (Å²) in [6, 6.07) is 12.0. The molecule has 1 aliphatic rings. The summed E-state index contributed by atoms with van der Waals surface area (Å²) < 4.78 is 0. The summed E-state index contributed by atoms with van der Waals surface area (Å²) in [6.07, 6.45) is 1.05. The lowest BCUT2D eigenvalue weighted by molar-refractivity contribution is -0.118. The fourth-order valence-corrected chi connectivity index (χ4v) is 4.89. The Morgan fingerprint density at radius 2 is 1.94 bits per heavy atom. The molecule has 31 heavy (non-hydrogen) atoms. The summed E-state index contributed by atoms with van der Waals surface area (Å²) in [4.78, 5) is 24.6. The van der Waals surface area contributed by atoms with Crippen molar-refractivity contribution in [3.8, 4) is 0 Å². The molecule has 0 atom stereocenters. The van der Waals surface area contributed by atoms with Crippen LogP contribution in [0.1, 0.15) is 24.6 Å². The molecule has 1 fully saturated rings. The van der Waals surface area contributed by atoms with Crippen molar-refractivity contribution in [1.29, 1.82) is 0 Å². The van der Waals surface area contributed by atoms with E-state index in [1.165, 1.54) is 11.8 Å². The number of anilines is 3. The largest absolute Gasteiger partial charge is 0.355 e. The molecule has 3 heterocycles. The molecule has 0 aliphatic carbocycles. The first-order chi connectivity index (χ1) is 15.1. The van der Waals surface area contributed by atoms with Crippen LogP contribution in [0.2, 0.25) is 0 Å². The Hall–Kier alpha value is -2.52. The van der Waals surface area contributed by atoms with E-state index >= 15 is 0 Å². The molecule has 0 saturated carbocycles. The van der Waals surface area contributed by atoms with Crippen molar-refractivity contribution in [1.82, 2.24) is 20.2 Å². The van der Waals surface area contributed by atoms with Crippen LogP contribution in [-0.2, 0) is 11.2 Å². The Bertz CT molecular complexity index is 1030. The van der Waals surface area contributed by atoms with Crippen LogP contribution in [0.3, 0.4) is 0 Å². The van der Waals surface area contributed by atoms with Crippen LogP contribution < -0.4 is 10.2 Å². The molecule has 2 aromatic heterocycles. The zero-order valence-electron chi connectivity index (χ0n) is 17.7. The van der Waals surface area contributed by atoms with E-state index < -0.39 is 0 Å². The maximum Gasteiger partial charge on any atom is 0.196 e. The van der Waals surface area contributed by atoms with Gasteiger partial charge >= 0.3 is 0 Å². The number of H-pyrrole nitrogens is 1. The van der Waals surface area contributed by atoms with Crippen molar-refractivity contribution in [2.75, 3.05) is 34.8 Å². The molecule has 0 bridgehead atoms. The van der Waals surface area contributed by atoms with Gasteiger partial charge in [-0.3, -0.25) is 9.89 Å². The average Bonchev–Trinajstić information content (AvgIpc) is 3.20. The number of Topliss-reactive ketones (excluding diaryl/α,β-unsaturated/α-hetero) is 1. The summed E-state index contributed by atoms with van der Waals surface area (Å²) in [7, 11) is 0. The highest BCUT2D eigenvalue weighted by Crippen LogP contribution is 2.30. The van der Waals surface area contributed by atoms with Crippen molar-refractivity contribution >= 4 is 46.8 Å². The highest BCUT2D eigenvalue weighted by molar-refractivity contribution is 7.99. The van der Waals surface area contributed by atoms with E-state index in [2.05, 4.69) is 20.4 Å². The Morgan fingerprint density at radius 3 is 2.61 bits per heavy atom. The monoisotopic (exact) mass is 454 g/mol. The fourth-order valence-electron chi connectivity index (χ4n) is 3.22. The van der Waals surface area contributed by atoms with Crippen LogP contribution in [0.5, 0.6) is 0 Å². The first-order valence-electron chi connectivity index (χ1n) is 10.4. The Kier molecular flexibility index (Phi) is 7.14. The molecule has 2 N–H and O–H groups in total. The molecule has 4 rings (SSSR count). The van der Waals surface area contributed by atoms with Gasteiger partial charge in [0.05, 0.1) is 0 Å². The number of thioether (sulfide) groups is 1. The van der Waals surface area contributed by atoms with Gasteiger partial charge in [-0.25, -0.2) is 9.97 Å². The molecule has 0 radical (unpaired) electrons. The van der Waals surface area contributed by atoms with Gasteiger partial charge < -0.3 is 10.2 Å². The zero-order valence-corrected chi connectivity index (χ0v) is 19.4. The zero-order chi connectivity index (χ0) is 21.6.